The second-order valence-corrected chi connectivity index (χ2v) is 4.69. The highest BCUT2D eigenvalue weighted by Gasteiger charge is 2.12. The summed E-state index contributed by atoms with van der Waals surface area (Å²) in [4.78, 5) is 1.80. The summed E-state index contributed by atoms with van der Waals surface area (Å²) in [5.41, 5.74) is 6.95. The van der Waals surface area contributed by atoms with Crippen molar-refractivity contribution in [3.8, 4) is 0 Å². The fraction of sp³-hybridized carbons (Fsp3) is 0.455. The molecule has 1 aromatic rings. The van der Waals surface area contributed by atoms with E-state index in [1.54, 1.807) is 18.1 Å². The number of methoxy groups -OCH3 is 1. The molecule has 1 rings (SSSR count). The minimum absolute atomic E-state index is 0.0171. The maximum Gasteiger partial charge on any atom is 0.138 e. The normalized spacial score (nSPS) is 10.6. The molecule has 0 aromatic heterocycles. The number of nitrogen functional groups attached to an aromatic ring is 1. The number of halogens is 2. The summed E-state index contributed by atoms with van der Waals surface area (Å²) in [5, 5.41) is 8.99. The number of benzene rings is 1. The molecular weight excluding hydrogens is 338 g/mol. The monoisotopic (exact) mass is 354 g/mol. The summed E-state index contributed by atoms with van der Waals surface area (Å²) < 4.78 is 19.0. The van der Waals surface area contributed by atoms with Gasteiger partial charge in [-0.15, -0.1) is 0 Å². The molecule has 0 bridgehead atoms. The van der Waals surface area contributed by atoms with E-state index in [0.717, 1.165) is 0 Å². The van der Waals surface area contributed by atoms with Crippen molar-refractivity contribution in [1.29, 1.82) is 0 Å². The van der Waals surface area contributed by atoms with E-state index in [1.165, 1.54) is 6.07 Å². The number of aliphatic hydroxyl groups is 1. The molecule has 96 valence electrons. The fourth-order valence-corrected chi connectivity index (χ4v) is 1.99. The van der Waals surface area contributed by atoms with Gasteiger partial charge in [0.1, 0.15) is 5.82 Å². The van der Waals surface area contributed by atoms with Gasteiger partial charge in [0.15, 0.2) is 0 Å². The van der Waals surface area contributed by atoms with Gasteiger partial charge < -0.3 is 20.5 Å². The summed E-state index contributed by atoms with van der Waals surface area (Å²) in [7, 11) is 1.59. The molecular formula is C11H16FIN2O2. The first-order chi connectivity index (χ1) is 8.10. The topological polar surface area (TPSA) is 58.7 Å². The molecule has 0 aliphatic carbocycles. The number of nitrogens with two attached hydrogens (primary N) is 1. The number of hydrogen-bond donors (Lipinski definition) is 2. The molecule has 0 radical (unpaired) electrons. The third kappa shape index (κ3) is 3.97. The molecule has 0 amide bonds. The third-order valence-corrected chi connectivity index (χ3v) is 3.17. The number of ether oxygens (including phenoxy) is 1. The second-order valence-electron chi connectivity index (χ2n) is 3.53. The molecule has 1 aromatic carbocycles. The van der Waals surface area contributed by atoms with E-state index in [2.05, 4.69) is 0 Å². The van der Waals surface area contributed by atoms with Crippen LogP contribution in [0.5, 0.6) is 0 Å². The maximum absolute atomic E-state index is 13.5. The smallest absolute Gasteiger partial charge is 0.138 e. The average Bonchev–Trinajstić information content (AvgIpc) is 2.29. The zero-order valence-corrected chi connectivity index (χ0v) is 11.8. The Labute approximate surface area is 114 Å². The molecule has 0 saturated heterocycles. The Kier molecular flexibility index (Phi) is 5.93. The quantitative estimate of drug-likeness (QED) is 0.600. The standard InChI is InChI=1S/C11H16FIN2O2/c1-17-5-3-15(2-4-16)11-6-8(12)9(13)7-10(11)14/h6-7,16H,2-5,14H2,1H3. The van der Waals surface area contributed by atoms with Gasteiger partial charge in [-0.2, -0.15) is 0 Å². The lowest BCUT2D eigenvalue weighted by Crippen LogP contribution is -2.31. The molecule has 0 atom stereocenters. The Balaban J connectivity index is 2.96. The van der Waals surface area contributed by atoms with Crippen LogP contribution in [-0.2, 0) is 4.74 Å². The number of nitrogens with zero attached hydrogens (tertiary/aromatic N) is 1. The average molecular weight is 354 g/mol. The van der Waals surface area contributed by atoms with Gasteiger partial charge in [0.05, 0.1) is 28.2 Å². The summed E-state index contributed by atoms with van der Waals surface area (Å²) in [6.45, 7) is 1.43. The Morgan fingerprint density at radius 2 is 2.18 bits per heavy atom. The third-order valence-electron chi connectivity index (χ3n) is 2.35. The molecule has 4 nitrogen and oxygen atoms in total. The maximum atomic E-state index is 13.5. The van der Waals surface area contributed by atoms with Crippen LogP contribution in [0.1, 0.15) is 0 Å². The van der Waals surface area contributed by atoms with Gasteiger partial charge in [-0.05, 0) is 28.7 Å². The van der Waals surface area contributed by atoms with Crippen LogP contribution in [-0.4, -0.2) is 38.5 Å². The number of aliphatic hydroxyl groups excluding tert-OH is 1. The molecule has 0 aliphatic heterocycles. The Morgan fingerprint density at radius 3 is 2.76 bits per heavy atom. The molecule has 17 heavy (non-hydrogen) atoms. The minimum Gasteiger partial charge on any atom is -0.397 e. The molecule has 6 heteroatoms. The van der Waals surface area contributed by atoms with E-state index in [0.29, 0.717) is 34.6 Å². The van der Waals surface area contributed by atoms with Crippen LogP contribution in [0.2, 0.25) is 0 Å². The van der Waals surface area contributed by atoms with Gasteiger partial charge in [-0.25, -0.2) is 4.39 Å². The molecule has 0 fully saturated rings. The van der Waals surface area contributed by atoms with Crippen LogP contribution in [0.3, 0.4) is 0 Å². The molecule has 0 spiro atoms. The van der Waals surface area contributed by atoms with Crippen molar-refractivity contribution in [3.63, 3.8) is 0 Å². The van der Waals surface area contributed by atoms with Crippen LogP contribution in [0.15, 0.2) is 12.1 Å². The molecule has 3 N–H and O–H groups in total. The summed E-state index contributed by atoms with van der Waals surface area (Å²) in [6.07, 6.45) is 0. The van der Waals surface area contributed by atoms with Crippen molar-refractivity contribution in [1.82, 2.24) is 0 Å². The van der Waals surface area contributed by atoms with E-state index >= 15 is 0 Å². The Morgan fingerprint density at radius 1 is 1.47 bits per heavy atom. The van der Waals surface area contributed by atoms with Gasteiger partial charge in [-0.1, -0.05) is 0 Å². The van der Waals surface area contributed by atoms with Crippen molar-refractivity contribution in [2.75, 3.05) is 44.0 Å². The predicted molar refractivity (Wildman–Crippen MR) is 74.7 cm³/mol. The van der Waals surface area contributed by atoms with Crippen molar-refractivity contribution in [2.45, 2.75) is 0 Å². The summed E-state index contributed by atoms with van der Waals surface area (Å²) in [6, 6.07) is 2.98. The van der Waals surface area contributed by atoms with Gasteiger partial charge in [-0.3, -0.25) is 0 Å². The van der Waals surface area contributed by atoms with Crippen molar-refractivity contribution >= 4 is 34.0 Å². The number of hydrogen-bond acceptors (Lipinski definition) is 4. The Bertz CT molecular complexity index is 377. The van der Waals surface area contributed by atoms with Gasteiger partial charge in [0.25, 0.3) is 0 Å². The highest BCUT2D eigenvalue weighted by molar-refractivity contribution is 14.1. The fourth-order valence-electron chi connectivity index (χ4n) is 1.50. The van der Waals surface area contributed by atoms with Crippen molar-refractivity contribution in [3.05, 3.63) is 21.5 Å². The molecule has 0 heterocycles. The van der Waals surface area contributed by atoms with Crippen LogP contribution in [0.25, 0.3) is 0 Å². The highest BCUT2D eigenvalue weighted by Crippen LogP contribution is 2.27. The van der Waals surface area contributed by atoms with Crippen molar-refractivity contribution < 1.29 is 14.2 Å². The van der Waals surface area contributed by atoms with E-state index in [-0.39, 0.29) is 12.4 Å². The predicted octanol–water partition coefficient (Wildman–Crippen LogP) is 1.46. The zero-order valence-electron chi connectivity index (χ0n) is 9.62. The van der Waals surface area contributed by atoms with E-state index in [9.17, 15) is 4.39 Å². The summed E-state index contributed by atoms with van der Waals surface area (Å²) >= 11 is 1.89. The van der Waals surface area contributed by atoms with Crippen LogP contribution in [0, 0.1) is 9.39 Å². The first-order valence-corrected chi connectivity index (χ1v) is 6.27. The zero-order chi connectivity index (χ0) is 12.8. The number of anilines is 2. The SMILES string of the molecule is COCCN(CCO)c1cc(F)c(I)cc1N. The number of rotatable bonds is 6. The van der Waals surface area contributed by atoms with Crippen LogP contribution in [0.4, 0.5) is 15.8 Å². The second kappa shape index (κ2) is 6.97. The highest BCUT2D eigenvalue weighted by atomic mass is 127. The molecule has 0 unspecified atom stereocenters. The summed E-state index contributed by atoms with van der Waals surface area (Å²) in [5.74, 6) is -0.310. The van der Waals surface area contributed by atoms with Gasteiger partial charge in [0.2, 0.25) is 0 Å². The minimum atomic E-state index is -0.310. The van der Waals surface area contributed by atoms with Gasteiger partial charge in [0, 0.05) is 26.3 Å². The lowest BCUT2D eigenvalue weighted by Gasteiger charge is -2.25. The lowest BCUT2D eigenvalue weighted by molar-refractivity contribution is 0.203. The molecule has 0 saturated carbocycles. The molecule has 0 aliphatic rings. The van der Waals surface area contributed by atoms with Crippen LogP contribution >= 0.6 is 22.6 Å². The first-order valence-electron chi connectivity index (χ1n) is 5.19. The Hall–Kier alpha value is -0.600. The van der Waals surface area contributed by atoms with Crippen LogP contribution < -0.4 is 10.6 Å². The first kappa shape index (κ1) is 14.5. The largest absolute Gasteiger partial charge is 0.397 e. The lowest BCUT2D eigenvalue weighted by atomic mass is 10.2. The van der Waals surface area contributed by atoms with E-state index in [1.807, 2.05) is 22.6 Å². The van der Waals surface area contributed by atoms with Gasteiger partial charge >= 0.3 is 0 Å². The van der Waals surface area contributed by atoms with Crippen molar-refractivity contribution in [2.24, 2.45) is 0 Å². The van der Waals surface area contributed by atoms with E-state index < -0.39 is 0 Å². The van der Waals surface area contributed by atoms with E-state index in [4.69, 9.17) is 15.6 Å².